The summed E-state index contributed by atoms with van der Waals surface area (Å²) in [6, 6.07) is 5.55. The van der Waals surface area contributed by atoms with Gasteiger partial charge in [0.1, 0.15) is 11.9 Å². The molecule has 2 atom stereocenters. The lowest BCUT2D eigenvalue weighted by atomic mass is 10.1. The van der Waals surface area contributed by atoms with Crippen molar-refractivity contribution in [2.75, 3.05) is 20.6 Å². The van der Waals surface area contributed by atoms with Crippen LogP contribution in [0.1, 0.15) is 25.5 Å². The first-order valence-corrected chi connectivity index (χ1v) is 6.78. The van der Waals surface area contributed by atoms with Crippen LogP contribution in [-0.2, 0) is 9.59 Å². The maximum atomic E-state index is 13.3. The van der Waals surface area contributed by atoms with Crippen molar-refractivity contribution in [3.63, 3.8) is 0 Å². The molecule has 2 amide bonds. The standard InChI is InChI=1S/C15H22FN3O2/c1-10(18-11(2)20)15(21)17-9-14(19(3)4)12-6-5-7-13(16)8-12/h5-8,10,14H,9H2,1-4H3,(H,17,21)(H,18,20). The number of amides is 2. The maximum absolute atomic E-state index is 13.3. The molecule has 6 heteroatoms. The number of benzene rings is 1. The SMILES string of the molecule is CC(=O)NC(C)C(=O)NCC(c1cccc(F)c1)N(C)C. The molecule has 21 heavy (non-hydrogen) atoms. The van der Waals surface area contributed by atoms with Gasteiger partial charge in [0.05, 0.1) is 6.04 Å². The Balaban J connectivity index is 2.68. The number of carbonyl (C=O) groups is 2. The quantitative estimate of drug-likeness (QED) is 0.825. The summed E-state index contributed by atoms with van der Waals surface area (Å²) in [4.78, 5) is 24.7. The molecule has 116 valence electrons. The van der Waals surface area contributed by atoms with Gasteiger partial charge in [-0.15, -0.1) is 0 Å². The van der Waals surface area contributed by atoms with Gasteiger partial charge >= 0.3 is 0 Å². The summed E-state index contributed by atoms with van der Waals surface area (Å²) in [6.45, 7) is 3.31. The van der Waals surface area contributed by atoms with Crippen LogP contribution in [0.25, 0.3) is 0 Å². The number of halogens is 1. The van der Waals surface area contributed by atoms with Gasteiger partial charge in [0.2, 0.25) is 11.8 Å². The van der Waals surface area contributed by atoms with Gasteiger partial charge < -0.3 is 15.5 Å². The normalized spacial score (nSPS) is 13.6. The number of hydrogen-bond acceptors (Lipinski definition) is 3. The van der Waals surface area contributed by atoms with Crippen LogP contribution in [0, 0.1) is 5.82 Å². The number of nitrogens with one attached hydrogen (secondary N) is 2. The third kappa shape index (κ3) is 5.51. The lowest BCUT2D eigenvalue weighted by molar-refractivity contribution is -0.127. The first kappa shape index (κ1) is 17.1. The Morgan fingerprint density at radius 3 is 2.52 bits per heavy atom. The second kappa shape index (κ2) is 7.73. The number of nitrogens with zero attached hydrogens (tertiary/aromatic N) is 1. The van der Waals surface area contributed by atoms with Crippen LogP contribution in [0.2, 0.25) is 0 Å². The van der Waals surface area contributed by atoms with Gasteiger partial charge in [-0.3, -0.25) is 9.59 Å². The third-order valence-corrected chi connectivity index (χ3v) is 3.14. The van der Waals surface area contributed by atoms with Crippen LogP contribution in [0.3, 0.4) is 0 Å². The second-order valence-electron chi connectivity index (χ2n) is 5.20. The molecule has 0 heterocycles. The smallest absolute Gasteiger partial charge is 0.242 e. The molecule has 5 nitrogen and oxygen atoms in total. The summed E-state index contributed by atoms with van der Waals surface area (Å²) < 4.78 is 13.3. The van der Waals surface area contributed by atoms with Gasteiger partial charge in [0.25, 0.3) is 0 Å². The Bertz CT molecular complexity index is 505. The van der Waals surface area contributed by atoms with E-state index in [9.17, 15) is 14.0 Å². The molecule has 0 aliphatic carbocycles. The van der Waals surface area contributed by atoms with Crippen molar-refractivity contribution in [1.29, 1.82) is 0 Å². The van der Waals surface area contributed by atoms with E-state index < -0.39 is 6.04 Å². The van der Waals surface area contributed by atoms with Crippen LogP contribution < -0.4 is 10.6 Å². The van der Waals surface area contributed by atoms with E-state index in [0.717, 1.165) is 5.56 Å². The predicted octanol–water partition coefficient (Wildman–Crippen LogP) is 1.07. The zero-order chi connectivity index (χ0) is 16.0. The van der Waals surface area contributed by atoms with E-state index in [1.165, 1.54) is 19.1 Å². The van der Waals surface area contributed by atoms with E-state index in [1.807, 2.05) is 25.1 Å². The van der Waals surface area contributed by atoms with Crippen LogP contribution >= 0.6 is 0 Å². The summed E-state index contributed by atoms with van der Waals surface area (Å²) in [7, 11) is 3.72. The average Bonchev–Trinajstić information content (AvgIpc) is 2.37. The van der Waals surface area contributed by atoms with Gasteiger partial charge in [0.15, 0.2) is 0 Å². The summed E-state index contributed by atoms with van der Waals surface area (Å²) in [5, 5.41) is 5.29. The largest absolute Gasteiger partial charge is 0.352 e. The summed E-state index contributed by atoms with van der Waals surface area (Å²) in [5.41, 5.74) is 0.785. The Hall–Kier alpha value is -1.95. The molecule has 0 fully saturated rings. The van der Waals surface area contributed by atoms with Crippen molar-refractivity contribution in [2.24, 2.45) is 0 Å². The molecule has 2 N–H and O–H groups in total. The Morgan fingerprint density at radius 2 is 2.00 bits per heavy atom. The zero-order valence-electron chi connectivity index (χ0n) is 12.8. The molecule has 0 spiro atoms. The fraction of sp³-hybridized carbons (Fsp3) is 0.467. The fourth-order valence-corrected chi connectivity index (χ4v) is 2.03. The van der Waals surface area contributed by atoms with E-state index in [4.69, 9.17) is 0 Å². The van der Waals surface area contributed by atoms with Crippen LogP contribution in [0.15, 0.2) is 24.3 Å². The van der Waals surface area contributed by atoms with Crippen molar-refractivity contribution in [3.05, 3.63) is 35.6 Å². The van der Waals surface area contributed by atoms with Crippen LogP contribution in [-0.4, -0.2) is 43.4 Å². The highest BCUT2D eigenvalue weighted by atomic mass is 19.1. The maximum Gasteiger partial charge on any atom is 0.242 e. The van der Waals surface area contributed by atoms with Gasteiger partial charge in [-0.05, 0) is 38.7 Å². The van der Waals surface area contributed by atoms with Crippen molar-refractivity contribution >= 4 is 11.8 Å². The van der Waals surface area contributed by atoms with Crippen molar-refractivity contribution in [1.82, 2.24) is 15.5 Å². The van der Waals surface area contributed by atoms with Gasteiger partial charge in [-0.1, -0.05) is 12.1 Å². The monoisotopic (exact) mass is 295 g/mol. The van der Waals surface area contributed by atoms with Crippen molar-refractivity contribution in [3.8, 4) is 0 Å². The summed E-state index contributed by atoms with van der Waals surface area (Å²) in [5.74, 6) is -0.835. The highest BCUT2D eigenvalue weighted by molar-refractivity contribution is 5.86. The number of likely N-dealkylation sites (N-methyl/N-ethyl adjacent to an activating group) is 1. The minimum atomic E-state index is -0.599. The Labute approximate surface area is 124 Å². The predicted molar refractivity (Wildman–Crippen MR) is 79.1 cm³/mol. The Morgan fingerprint density at radius 1 is 1.33 bits per heavy atom. The lowest BCUT2D eigenvalue weighted by Crippen LogP contribution is -2.46. The molecular formula is C15H22FN3O2. The molecule has 1 aromatic rings. The van der Waals surface area contributed by atoms with Gasteiger partial charge in [0, 0.05) is 13.5 Å². The Kier molecular flexibility index (Phi) is 6.30. The highest BCUT2D eigenvalue weighted by Gasteiger charge is 2.18. The highest BCUT2D eigenvalue weighted by Crippen LogP contribution is 2.18. The molecule has 0 bridgehead atoms. The molecule has 2 unspecified atom stereocenters. The van der Waals surface area contributed by atoms with E-state index in [0.29, 0.717) is 6.54 Å². The molecule has 0 saturated carbocycles. The molecule has 1 aromatic carbocycles. The van der Waals surface area contributed by atoms with E-state index >= 15 is 0 Å². The topological polar surface area (TPSA) is 61.4 Å². The molecule has 0 aliphatic heterocycles. The number of carbonyl (C=O) groups excluding carboxylic acids is 2. The first-order chi connectivity index (χ1) is 9.81. The molecule has 0 radical (unpaired) electrons. The second-order valence-corrected chi connectivity index (χ2v) is 5.20. The summed E-state index contributed by atoms with van der Waals surface area (Å²) in [6.07, 6.45) is 0. The molecular weight excluding hydrogens is 273 g/mol. The van der Waals surface area contributed by atoms with E-state index in [1.54, 1.807) is 13.0 Å². The molecule has 0 aliphatic rings. The number of hydrogen-bond donors (Lipinski definition) is 2. The fourth-order valence-electron chi connectivity index (χ4n) is 2.03. The first-order valence-electron chi connectivity index (χ1n) is 6.78. The van der Waals surface area contributed by atoms with E-state index in [2.05, 4.69) is 10.6 Å². The van der Waals surface area contributed by atoms with Gasteiger partial charge in [-0.2, -0.15) is 0 Å². The molecule has 0 saturated heterocycles. The average molecular weight is 295 g/mol. The molecule has 1 rings (SSSR count). The molecule has 0 aromatic heterocycles. The van der Waals surface area contributed by atoms with Crippen LogP contribution in [0.5, 0.6) is 0 Å². The van der Waals surface area contributed by atoms with Crippen molar-refractivity contribution in [2.45, 2.75) is 25.9 Å². The van der Waals surface area contributed by atoms with Crippen LogP contribution in [0.4, 0.5) is 4.39 Å². The van der Waals surface area contributed by atoms with Gasteiger partial charge in [-0.25, -0.2) is 4.39 Å². The zero-order valence-corrected chi connectivity index (χ0v) is 12.8. The minimum absolute atomic E-state index is 0.144. The van der Waals surface area contributed by atoms with Crippen molar-refractivity contribution < 1.29 is 14.0 Å². The lowest BCUT2D eigenvalue weighted by Gasteiger charge is -2.26. The van der Waals surface area contributed by atoms with E-state index in [-0.39, 0.29) is 23.7 Å². The third-order valence-electron chi connectivity index (χ3n) is 3.14. The summed E-state index contributed by atoms with van der Waals surface area (Å²) >= 11 is 0. The minimum Gasteiger partial charge on any atom is -0.352 e. The number of rotatable bonds is 6.